The van der Waals surface area contributed by atoms with Crippen molar-refractivity contribution in [2.45, 2.75) is 57.4 Å². The predicted molar refractivity (Wildman–Crippen MR) is 111 cm³/mol. The maximum Gasteiger partial charge on any atom is 0.222 e. The number of rotatable bonds is 4. The van der Waals surface area contributed by atoms with Gasteiger partial charge in [0.25, 0.3) is 0 Å². The van der Waals surface area contributed by atoms with Crippen LogP contribution in [0.4, 0.5) is 5.82 Å². The minimum atomic E-state index is -2.99. The molecule has 2 heterocycles. The van der Waals surface area contributed by atoms with Crippen LogP contribution in [0.15, 0.2) is 18.3 Å². The Labute approximate surface area is 172 Å². The third-order valence-electron chi connectivity index (χ3n) is 5.40. The zero-order valence-electron chi connectivity index (χ0n) is 16.7. The maximum absolute atomic E-state index is 12.6. The van der Waals surface area contributed by atoms with Crippen molar-refractivity contribution in [1.29, 1.82) is 0 Å². The van der Waals surface area contributed by atoms with Crippen LogP contribution in [-0.2, 0) is 19.4 Å². The Balaban J connectivity index is 1.68. The number of amides is 2. The summed E-state index contributed by atoms with van der Waals surface area (Å²) in [5.41, 5.74) is 0.128. The fourth-order valence-electron chi connectivity index (χ4n) is 3.96. The first-order valence-corrected chi connectivity index (χ1v) is 11.9. The van der Waals surface area contributed by atoms with E-state index in [-0.39, 0.29) is 35.7 Å². The first-order valence-electron chi connectivity index (χ1n) is 10.0. The molecule has 1 atom stereocenters. The third kappa shape index (κ3) is 6.29. The summed E-state index contributed by atoms with van der Waals surface area (Å²) < 4.78 is 23.3. The molecule has 1 aliphatic heterocycles. The highest BCUT2D eigenvalue weighted by molar-refractivity contribution is 7.91. The molecule has 0 spiro atoms. The second kappa shape index (κ2) is 8.95. The SMILES string of the molecule is CC(=O)Nc1ccc(C#CC2(NC(=O)C[C@H]3CCS(=O)(=O)C3)CCCCC2)cn1. The lowest BCUT2D eigenvalue weighted by atomic mass is 9.81. The van der Waals surface area contributed by atoms with E-state index in [1.54, 1.807) is 18.3 Å². The summed E-state index contributed by atoms with van der Waals surface area (Å²) in [6.07, 6.45) is 7.06. The van der Waals surface area contributed by atoms with E-state index in [0.29, 0.717) is 17.8 Å². The second-order valence-corrected chi connectivity index (χ2v) is 10.3. The molecule has 0 bridgehead atoms. The van der Waals surface area contributed by atoms with Crippen LogP contribution < -0.4 is 10.6 Å². The summed E-state index contributed by atoms with van der Waals surface area (Å²) in [6, 6.07) is 3.48. The normalized spacial score (nSPS) is 22.2. The van der Waals surface area contributed by atoms with Crippen molar-refractivity contribution < 1.29 is 18.0 Å². The maximum atomic E-state index is 12.6. The number of carbonyl (C=O) groups excluding carboxylic acids is 2. The Morgan fingerprint density at radius 3 is 2.59 bits per heavy atom. The average molecular weight is 418 g/mol. The van der Waals surface area contributed by atoms with E-state index in [4.69, 9.17) is 0 Å². The number of pyridine rings is 1. The minimum Gasteiger partial charge on any atom is -0.340 e. The molecule has 156 valence electrons. The highest BCUT2D eigenvalue weighted by atomic mass is 32.2. The van der Waals surface area contributed by atoms with Gasteiger partial charge in [-0.05, 0) is 37.3 Å². The molecule has 1 saturated heterocycles. The third-order valence-corrected chi connectivity index (χ3v) is 7.24. The van der Waals surface area contributed by atoms with E-state index in [0.717, 1.165) is 32.1 Å². The first-order chi connectivity index (χ1) is 13.8. The molecule has 1 aliphatic carbocycles. The molecule has 2 amide bonds. The molecule has 2 fully saturated rings. The van der Waals surface area contributed by atoms with Crippen LogP contribution in [0.3, 0.4) is 0 Å². The van der Waals surface area contributed by atoms with Gasteiger partial charge in [0.05, 0.1) is 11.5 Å². The highest BCUT2D eigenvalue weighted by Crippen LogP contribution is 2.29. The van der Waals surface area contributed by atoms with Gasteiger partial charge in [0.15, 0.2) is 9.84 Å². The van der Waals surface area contributed by atoms with Crippen LogP contribution in [0.25, 0.3) is 0 Å². The van der Waals surface area contributed by atoms with Gasteiger partial charge in [0.2, 0.25) is 11.8 Å². The predicted octanol–water partition coefficient (Wildman–Crippen LogP) is 2.04. The summed E-state index contributed by atoms with van der Waals surface area (Å²) in [7, 11) is -2.99. The Hall–Kier alpha value is -2.40. The van der Waals surface area contributed by atoms with E-state index in [9.17, 15) is 18.0 Å². The molecule has 29 heavy (non-hydrogen) atoms. The molecule has 3 rings (SSSR count). The van der Waals surface area contributed by atoms with Crippen LogP contribution in [0.5, 0.6) is 0 Å². The standard InChI is InChI=1S/C21H27N3O4S/c1-16(25)23-19-6-5-17(14-22-19)7-11-21(9-3-2-4-10-21)24-20(26)13-18-8-12-29(27,28)15-18/h5-6,14,18H,2-4,8-10,12-13,15H2,1H3,(H,24,26)(H,22,23,25)/t18-/m1/s1. The van der Waals surface area contributed by atoms with E-state index in [2.05, 4.69) is 27.5 Å². The van der Waals surface area contributed by atoms with Crippen molar-refractivity contribution in [3.05, 3.63) is 23.9 Å². The molecule has 7 nitrogen and oxygen atoms in total. The number of aromatic nitrogens is 1. The second-order valence-electron chi connectivity index (χ2n) is 8.03. The van der Waals surface area contributed by atoms with Gasteiger partial charge >= 0.3 is 0 Å². The van der Waals surface area contributed by atoms with Gasteiger partial charge in [-0.15, -0.1) is 0 Å². The topological polar surface area (TPSA) is 105 Å². The lowest BCUT2D eigenvalue weighted by Crippen LogP contribution is -2.49. The fourth-order valence-corrected chi connectivity index (χ4v) is 5.83. The number of hydrogen-bond donors (Lipinski definition) is 2. The van der Waals surface area contributed by atoms with Crippen molar-refractivity contribution in [3.63, 3.8) is 0 Å². The number of nitrogens with one attached hydrogen (secondary N) is 2. The molecule has 2 N–H and O–H groups in total. The zero-order valence-corrected chi connectivity index (χ0v) is 17.5. The van der Waals surface area contributed by atoms with E-state index < -0.39 is 15.4 Å². The lowest BCUT2D eigenvalue weighted by Gasteiger charge is -2.33. The van der Waals surface area contributed by atoms with Gasteiger partial charge in [-0.3, -0.25) is 9.59 Å². The average Bonchev–Trinajstić information content (AvgIpc) is 2.99. The molecular weight excluding hydrogens is 390 g/mol. The van der Waals surface area contributed by atoms with Crippen LogP contribution in [0.1, 0.15) is 57.4 Å². The van der Waals surface area contributed by atoms with Crippen LogP contribution in [0.2, 0.25) is 0 Å². The van der Waals surface area contributed by atoms with Gasteiger partial charge in [0, 0.05) is 25.1 Å². The smallest absolute Gasteiger partial charge is 0.222 e. The molecule has 0 radical (unpaired) electrons. The number of nitrogens with zero attached hydrogens (tertiary/aromatic N) is 1. The van der Waals surface area contributed by atoms with Gasteiger partial charge in [-0.2, -0.15) is 0 Å². The number of carbonyl (C=O) groups is 2. The lowest BCUT2D eigenvalue weighted by molar-refractivity contribution is -0.123. The monoisotopic (exact) mass is 417 g/mol. The number of hydrogen-bond acceptors (Lipinski definition) is 5. The van der Waals surface area contributed by atoms with Crippen molar-refractivity contribution in [1.82, 2.24) is 10.3 Å². The largest absolute Gasteiger partial charge is 0.340 e. The Bertz CT molecular complexity index is 923. The molecule has 1 aromatic heterocycles. The Kier molecular flexibility index (Phi) is 6.58. The molecule has 1 saturated carbocycles. The van der Waals surface area contributed by atoms with E-state index in [1.807, 2.05) is 0 Å². The molecule has 2 aliphatic rings. The summed E-state index contributed by atoms with van der Waals surface area (Å²) >= 11 is 0. The Morgan fingerprint density at radius 2 is 2.00 bits per heavy atom. The zero-order chi connectivity index (χ0) is 20.9. The van der Waals surface area contributed by atoms with Gasteiger partial charge in [-0.25, -0.2) is 13.4 Å². The molecule has 0 unspecified atom stereocenters. The summed E-state index contributed by atoms with van der Waals surface area (Å²) in [4.78, 5) is 27.9. The molecular formula is C21H27N3O4S. The van der Waals surface area contributed by atoms with Crippen LogP contribution in [0, 0.1) is 17.8 Å². The van der Waals surface area contributed by atoms with E-state index >= 15 is 0 Å². The van der Waals surface area contributed by atoms with Gasteiger partial charge < -0.3 is 10.6 Å². The molecule has 8 heteroatoms. The van der Waals surface area contributed by atoms with Crippen molar-refractivity contribution >= 4 is 27.5 Å². The minimum absolute atomic E-state index is 0.0980. The molecule has 0 aromatic carbocycles. The Morgan fingerprint density at radius 1 is 1.24 bits per heavy atom. The van der Waals surface area contributed by atoms with Crippen molar-refractivity contribution in [2.24, 2.45) is 5.92 Å². The highest BCUT2D eigenvalue weighted by Gasteiger charge is 2.34. The quantitative estimate of drug-likeness (QED) is 0.730. The van der Waals surface area contributed by atoms with Crippen LogP contribution >= 0.6 is 0 Å². The number of sulfone groups is 1. The van der Waals surface area contributed by atoms with E-state index in [1.165, 1.54) is 6.92 Å². The van der Waals surface area contributed by atoms with Gasteiger partial charge in [-0.1, -0.05) is 31.1 Å². The summed E-state index contributed by atoms with van der Waals surface area (Å²) in [5, 5.41) is 5.72. The fraction of sp³-hybridized carbons (Fsp3) is 0.571. The molecule has 1 aromatic rings. The first kappa shape index (κ1) is 21.3. The number of anilines is 1. The van der Waals surface area contributed by atoms with Crippen molar-refractivity contribution in [2.75, 3.05) is 16.8 Å². The summed E-state index contributed by atoms with van der Waals surface area (Å²) in [6.45, 7) is 1.42. The summed E-state index contributed by atoms with van der Waals surface area (Å²) in [5.74, 6) is 6.71. The van der Waals surface area contributed by atoms with Crippen LogP contribution in [-0.4, -0.2) is 42.3 Å². The van der Waals surface area contributed by atoms with Gasteiger partial charge in [0.1, 0.15) is 11.4 Å². The van der Waals surface area contributed by atoms with Crippen molar-refractivity contribution in [3.8, 4) is 11.8 Å².